The van der Waals surface area contributed by atoms with E-state index in [1.807, 2.05) is 6.07 Å². The highest BCUT2D eigenvalue weighted by atomic mass is 16.7. The number of esters is 2. The molecule has 29 heavy (non-hydrogen) atoms. The molecule has 3 atom stereocenters. The van der Waals surface area contributed by atoms with Crippen molar-refractivity contribution in [3.05, 3.63) is 65.7 Å². The van der Waals surface area contributed by atoms with Crippen molar-refractivity contribution in [2.45, 2.75) is 25.5 Å². The van der Waals surface area contributed by atoms with E-state index in [4.69, 9.17) is 14.3 Å². The van der Waals surface area contributed by atoms with Gasteiger partial charge >= 0.3 is 11.9 Å². The first-order chi connectivity index (χ1) is 14.1. The molecule has 1 fully saturated rings. The molecule has 7 heteroatoms. The molecule has 2 aliphatic heterocycles. The Hall–Kier alpha value is -3.19. The van der Waals surface area contributed by atoms with Crippen molar-refractivity contribution in [1.82, 2.24) is 0 Å². The Kier molecular flexibility index (Phi) is 4.84. The minimum absolute atomic E-state index is 0.108. The van der Waals surface area contributed by atoms with Crippen molar-refractivity contribution in [2.75, 3.05) is 18.3 Å². The van der Waals surface area contributed by atoms with Gasteiger partial charge in [-0.25, -0.2) is 9.86 Å². The number of benzene rings is 2. The van der Waals surface area contributed by atoms with Crippen molar-refractivity contribution in [1.29, 1.82) is 0 Å². The van der Waals surface area contributed by atoms with Gasteiger partial charge in [0.2, 0.25) is 0 Å². The number of ketones is 1. The van der Waals surface area contributed by atoms with Gasteiger partial charge in [-0.2, -0.15) is 0 Å². The molecule has 0 radical (unpaired) electrons. The first kappa shape index (κ1) is 19.1. The van der Waals surface area contributed by atoms with E-state index in [1.54, 1.807) is 62.4 Å². The third kappa shape index (κ3) is 2.65. The Morgan fingerprint density at radius 3 is 2.28 bits per heavy atom. The van der Waals surface area contributed by atoms with Crippen LogP contribution in [-0.4, -0.2) is 37.0 Å². The Morgan fingerprint density at radius 1 is 0.966 bits per heavy atom. The number of rotatable bonds is 5. The highest BCUT2D eigenvalue weighted by Crippen LogP contribution is 2.55. The Bertz CT molecular complexity index is 959. The quantitative estimate of drug-likeness (QED) is 0.720. The van der Waals surface area contributed by atoms with Gasteiger partial charge in [-0.05, 0) is 31.5 Å². The van der Waals surface area contributed by atoms with Crippen LogP contribution in [0, 0.1) is 5.92 Å². The number of hydrogen-bond donors (Lipinski definition) is 0. The van der Waals surface area contributed by atoms with E-state index in [0.29, 0.717) is 16.8 Å². The predicted molar refractivity (Wildman–Crippen MR) is 103 cm³/mol. The summed E-state index contributed by atoms with van der Waals surface area (Å²) in [5, 5.41) is 1.39. The van der Waals surface area contributed by atoms with Crippen LogP contribution in [0.2, 0.25) is 0 Å². The lowest BCUT2D eigenvalue weighted by molar-refractivity contribution is -0.164. The van der Waals surface area contributed by atoms with Gasteiger partial charge < -0.3 is 9.47 Å². The highest BCUT2D eigenvalue weighted by Gasteiger charge is 2.70. The lowest BCUT2D eigenvalue weighted by atomic mass is 9.73. The summed E-state index contributed by atoms with van der Waals surface area (Å²) in [6.45, 7) is 3.57. The van der Waals surface area contributed by atoms with Crippen LogP contribution >= 0.6 is 0 Å². The maximum atomic E-state index is 13.8. The van der Waals surface area contributed by atoms with Crippen LogP contribution in [0.25, 0.3) is 0 Å². The SMILES string of the molecule is CCOC(=O)C1ON2c3ccccc3C(=O)C2(c2ccccc2)C1C(=O)OCC. The number of fused-ring (bicyclic) bond motifs is 3. The molecular weight excluding hydrogens is 374 g/mol. The third-order valence-electron chi connectivity index (χ3n) is 5.28. The fraction of sp³-hybridized carbons (Fsp3) is 0.318. The maximum absolute atomic E-state index is 13.8. The van der Waals surface area contributed by atoms with Crippen LogP contribution in [0.15, 0.2) is 54.6 Å². The normalized spacial score (nSPS) is 24.8. The lowest BCUT2D eigenvalue weighted by Gasteiger charge is -2.33. The average Bonchev–Trinajstić information content (AvgIpc) is 3.22. The monoisotopic (exact) mass is 395 g/mol. The molecule has 0 saturated carbocycles. The first-order valence-electron chi connectivity index (χ1n) is 9.57. The molecule has 0 aromatic heterocycles. The maximum Gasteiger partial charge on any atom is 0.339 e. The van der Waals surface area contributed by atoms with E-state index in [9.17, 15) is 14.4 Å². The number of Topliss-reactive ketones (excluding diaryl/α,β-unsaturated/α-hetero) is 1. The molecule has 1 saturated heterocycles. The molecule has 4 rings (SSSR count). The zero-order valence-corrected chi connectivity index (χ0v) is 16.2. The highest BCUT2D eigenvalue weighted by molar-refractivity contribution is 6.17. The second kappa shape index (κ2) is 7.33. The summed E-state index contributed by atoms with van der Waals surface area (Å²) in [5.41, 5.74) is -0.0734. The van der Waals surface area contributed by atoms with Gasteiger partial charge in [-0.15, -0.1) is 0 Å². The van der Waals surface area contributed by atoms with Gasteiger partial charge in [0.05, 0.1) is 18.9 Å². The molecule has 2 heterocycles. The van der Waals surface area contributed by atoms with Crippen LogP contribution in [0.1, 0.15) is 29.8 Å². The van der Waals surface area contributed by atoms with Crippen molar-refractivity contribution in [2.24, 2.45) is 5.92 Å². The number of carbonyl (C=O) groups is 3. The molecule has 0 aliphatic carbocycles. The second-order valence-corrected chi connectivity index (χ2v) is 6.78. The Morgan fingerprint density at radius 2 is 1.59 bits per heavy atom. The van der Waals surface area contributed by atoms with Crippen LogP contribution in [-0.2, 0) is 29.4 Å². The lowest BCUT2D eigenvalue weighted by Crippen LogP contribution is -2.52. The average molecular weight is 395 g/mol. The standard InChI is InChI=1S/C22H21NO6/c1-3-27-20(25)17-18(21(26)28-4-2)29-23-16-13-9-8-12-15(16)19(24)22(17,23)14-10-6-5-7-11-14/h5-13,17-18H,3-4H2,1-2H3. The largest absolute Gasteiger partial charge is 0.466 e. The van der Waals surface area contributed by atoms with Gasteiger partial charge in [0.1, 0.15) is 5.92 Å². The summed E-state index contributed by atoms with van der Waals surface area (Å²) >= 11 is 0. The summed E-state index contributed by atoms with van der Waals surface area (Å²) < 4.78 is 10.4. The van der Waals surface area contributed by atoms with E-state index >= 15 is 0 Å². The molecule has 0 spiro atoms. The van der Waals surface area contributed by atoms with E-state index in [1.165, 1.54) is 5.06 Å². The number of hydrogen-bond acceptors (Lipinski definition) is 7. The number of carbonyl (C=O) groups excluding carboxylic acids is 3. The molecule has 150 valence electrons. The third-order valence-corrected chi connectivity index (χ3v) is 5.28. The zero-order chi connectivity index (χ0) is 20.6. The molecule has 3 unspecified atom stereocenters. The van der Waals surface area contributed by atoms with E-state index in [0.717, 1.165) is 0 Å². The van der Waals surface area contributed by atoms with Crippen molar-refractivity contribution in [3.63, 3.8) is 0 Å². The van der Waals surface area contributed by atoms with Crippen LogP contribution in [0.5, 0.6) is 0 Å². The fourth-order valence-electron chi connectivity index (χ4n) is 4.18. The Balaban J connectivity index is 1.96. The van der Waals surface area contributed by atoms with Gasteiger partial charge in [-0.3, -0.25) is 14.4 Å². The summed E-state index contributed by atoms with van der Waals surface area (Å²) in [6.07, 6.45) is -1.30. The van der Waals surface area contributed by atoms with E-state index in [-0.39, 0.29) is 19.0 Å². The van der Waals surface area contributed by atoms with Crippen molar-refractivity contribution >= 4 is 23.4 Å². The molecule has 2 aromatic rings. The van der Waals surface area contributed by atoms with Gasteiger partial charge in [-0.1, -0.05) is 42.5 Å². The predicted octanol–water partition coefficient (Wildman–Crippen LogP) is 2.64. The van der Waals surface area contributed by atoms with Gasteiger partial charge in [0, 0.05) is 5.56 Å². The van der Waals surface area contributed by atoms with E-state index in [2.05, 4.69) is 0 Å². The number of para-hydroxylation sites is 1. The van der Waals surface area contributed by atoms with Gasteiger partial charge in [0.15, 0.2) is 17.4 Å². The summed E-state index contributed by atoms with van der Waals surface area (Å²) in [4.78, 5) is 45.5. The number of nitrogens with zero attached hydrogens (tertiary/aromatic N) is 1. The molecule has 0 amide bonds. The smallest absolute Gasteiger partial charge is 0.339 e. The molecule has 0 bridgehead atoms. The minimum Gasteiger partial charge on any atom is -0.466 e. The topological polar surface area (TPSA) is 82.1 Å². The molecule has 2 aliphatic rings. The fourth-order valence-corrected chi connectivity index (χ4v) is 4.18. The molecule has 0 N–H and O–H groups in total. The number of anilines is 1. The minimum atomic E-state index is -1.55. The summed E-state index contributed by atoms with van der Waals surface area (Å²) in [6, 6.07) is 15.8. The number of ether oxygens (including phenoxy) is 2. The van der Waals surface area contributed by atoms with Gasteiger partial charge in [0.25, 0.3) is 0 Å². The van der Waals surface area contributed by atoms with E-state index < -0.39 is 29.5 Å². The summed E-state index contributed by atoms with van der Waals surface area (Å²) in [5.74, 6) is -2.92. The van der Waals surface area contributed by atoms with Crippen LogP contribution in [0.4, 0.5) is 5.69 Å². The number of hydroxylamine groups is 1. The zero-order valence-electron chi connectivity index (χ0n) is 16.2. The van der Waals surface area contributed by atoms with Crippen LogP contribution < -0.4 is 5.06 Å². The molecular formula is C22H21NO6. The first-order valence-corrected chi connectivity index (χ1v) is 9.57. The Labute approximate surface area is 168 Å². The molecule has 7 nitrogen and oxygen atoms in total. The van der Waals surface area contributed by atoms with Crippen molar-refractivity contribution < 1.29 is 28.7 Å². The molecule has 2 aromatic carbocycles. The van der Waals surface area contributed by atoms with Crippen LogP contribution in [0.3, 0.4) is 0 Å². The second-order valence-electron chi connectivity index (χ2n) is 6.78. The van der Waals surface area contributed by atoms with Crippen molar-refractivity contribution in [3.8, 4) is 0 Å². The summed E-state index contributed by atoms with van der Waals surface area (Å²) in [7, 11) is 0.